The minimum atomic E-state index is -2.60. The Balaban J connectivity index is 2.48. The Hall–Kier alpha value is -1.42. The number of carbonyl (C=O) groups excluding carboxylic acids is 2. The van der Waals surface area contributed by atoms with Crippen LogP contribution in [0.15, 0.2) is 18.2 Å². The average molecular weight is 243 g/mol. The fourth-order valence-electron chi connectivity index (χ4n) is 1.81. The number of fused-ring (bicyclic) bond motifs is 1. The summed E-state index contributed by atoms with van der Waals surface area (Å²) < 4.78 is 18.5. The molecule has 0 amide bonds. The van der Waals surface area contributed by atoms with Gasteiger partial charge >= 0.3 is 5.97 Å². The highest BCUT2D eigenvalue weighted by Crippen LogP contribution is 2.35. The van der Waals surface area contributed by atoms with Crippen LogP contribution in [0.1, 0.15) is 15.9 Å². The van der Waals surface area contributed by atoms with Crippen molar-refractivity contribution >= 4 is 23.4 Å². The minimum Gasteiger partial charge on any atom is -0.466 e. The van der Waals surface area contributed by atoms with E-state index in [-0.39, 0.29) is 12.0 Å². The molecular formula is C11H8ClFO3. The molecule has 1 unspecified atom stereocenters. The molecule has 84 valence electrons. The fourth-order valence-corrected chi connectivity index (χ4v) is 2.01. The van der Waals surface area contributed by atoms with Crippen molar-refractivity contribution in [1.82, 2.24) is 0 Å². The zero-order valence-electron chi connectivity index (χ0n) is 8.42. The van der Waals surface area contributed by atoms with E-state index in [9.17, 15) is 14.0 Å². The largest absolute Gasteiger partial charge is 0.466 e. The van der Waals surface area contributed by atoms with E-state index < -0.39 is 17.4 Å². The molecule has 5 heteroatoms. The van der Waals surface area contributed by atoms with Gasteiger partial charge in [0.1, 0.15) is 0 Å². The van der Waals surface area contributed by atoms with Crippen molar-refractivity contribution in [2.45, 2.75) is 12.1 Å². The maximum absolute atomic E-state index is 14.2. The second-order valence-corrected chi connectivity index (χ2v) is 4.04. The lowest BCUT2D eigenvalue weighted by Gasteiger charge is -2.13. The number of hydrogen-bond acceptors (Lipinski definition) is 3. The first-order valence-corrected chi connectivity index (χ1v) is 4.97. The number of hydrogen-bond donors (Lipinski definition) is 0. The molecule has 0 saturated heterocycles. The van der Waals surface area contributed by atoms with Crippen LogP contribution in [0, 0.1) is 0 Å². The van der Waals surface area contributed by atoms with Gasteiger partial charge < -0.3 is 4.74 Å². The molecular weight excluding hydrogens is 235 g/mol. The molecule has 1 aliphatic rings. The van der Waals surface area contributed by atoms with Crippen LogP contribution in [0.5, 0.6) is 0 Å². The molecule has 2 rings (SSSR count). The van der Waals surface area contributed by atoms with Gasteiger partial charge in [-0.2, -0.15) is 0 Å². The van der Waals surface area contributed by atoms with Gasteiger partial charge in [0, 0.05) is 17.0 Å². The topological polar surface area (TPSA) is 43.4 Å². The monoisotopic (exact) mass is 242 g/mol. The zero-order chi connectivity index (χ0) is 11.9. The lowest BCUT2D eigenvalue weighted by Crippen LogP contribution is -2.40. The van der Waals surface area contributed by atoms with Gasteiger partial charge in [0.2, 0.25) is 5.78 Å². The van der Waals surface area contributed by atoms with Gasteiger partial charge in [-0.3, -0.25) is 4.79 Å². The Labute approximate surface area is 96.2 Å². The van der Waals surface area contributed by atoms with Crippen molar-refractivity contribution in [2.75, 3.05) is 7.11 Å². The lowest BCUT2D eigenvalue weighted by atomic mass is 10.0. The van der Waals surface area contributed by atoms with Crippen molar-refractivity contribution in [2.24, 2.45) is 0 Å². The van der Waals surface area contributed by atoms with E-state index in [1.165, 1.54) is 18.2 Å². The summed E-state index contributed by atoms with van der Waals surface area (Å²) in [4.78, 5) is 23.0. The van der Waals surface area contributed by atoms with Crippen LogP contribution in [0.3, 0.4) is 0 Å². The number of carbonyl (C=O) groups is 2. The van der Waals surface area contributed by atoms with E-state index in [0.29, 0.717) is 10.6 Å². The maximum Gasteiger partial charge on any atom is 0.352 e. The smallest absolute Gasteiger partial charge is 0.352 e. The van der Waals surface area contributed by atoms with Crippen LogP contribution in [0.2, 0.25) is 5.02 Å². The number of methoxy groups -OCH3 is 1. The predicted octanol–water partition coefficient (Wildman–Crippen LogP) is 1.96. The first-order valence-electron chi connectivity index (χ1n) is 4.59. The summed E-state index contributed by atoms with van der Waals surface area (Å²) in [5, 5.41) is 0.403. The number of ether oxygens (including phenoxy) is 1. The number of Topliss-reactive ketones (excluding diaryl/α,β-unsaturated/α-hetero) is 1. The summed E-state index contributed by atoms with van der Waals surface area (Å²) in [6.45, 7) is 0. The molecule has 0 radical (unpaired) electrons. The van der Waals surface area contributed by atoms with Gasteiger partial charge in [0.05, 0.1) is 7.11 Å². The third-order valence-corrected chi connectivity index (χ3v) is 2.85. The molecule has 16 heavy (non-hydrogen) atoms. The third-order valence-electron chi connectivity index (χ3n) is 2.61. The highest BCUT2D eigenvalue weighted by molar-refractivity contribution is 6.31. The quantitative estimate of drug-likeness (QED) is 0.559. The summed E-state index contributed by atoms with van der Waals surface area (Å²) in [6, 6.07) is 4.39. The molecule has 0 N–H and O–H groups in total. The number of alkyl halides is 1. The number of rotatable bonds is 1. The molecule has 1 aromatic carbocycles. The van der Waals surface area contributed by atoms with Gasteiger partial charge in [-0.1, -0.05) is 11.6 Å². The van der Waals surface area contributed by atoms with Crippen molar-refractivity contribution in [1.29, 1.82) is 0 Å². The molecule has 0 bridgehead atoms. The molecule has 0 aromatic heterocycles. The van der Waals surface area contributed by atoms with E-state index in [0.717, 1.165) is 7.11 Å². The van der Waals surface area contributed by atoms with Crippen LogP contribution in [-0.2, 0) is 16.0 Å². The number of halogens is 2. The van der Waals surface area contributed by atoms with Crippen molar-refractivity contribution in [3.8, 4) is 0 Å². The maximum atomic E-state index is 14.2. The molecule has 1 aromatic rings. The van der Waals surface area contributed by atoms with Gasteiger partial charge in [-0.15, -0.1) is 0 Å². The van der Waals surface area contributed by atoms with Crippen LogP contribution in [-0.4, -0.2) is 24.5 Å². The summed E-state index contributed by atoms with van der Waals surface area (Å²) in [6.07, 6.45) is -0.311. The minimum absolute atomic E-state index is 0.192. The number of ketones is 1. The number of esters is 1. The van der Waals surface area contributed by atoms with Gasteiger partial charge in [-0.05, 0) is 23.8 Å². The zero-order valence-corrected chi connectivity index (χ0v) is 9.18. The van der Waals surface area contributed by atoms with Gasteiger partial charge in [0.15, 0.2) is 0 Å². The van der Waals surface area contributed by atoms with E-state index in [1.54, 1.807) is 0 Å². The summed E-state index contributed by atoms with van der Waals surface area (Å²) >= 11 is 5.73. The highest BCUT2D eigenvalue weighted by atomic mass is 35.5. The summed E-state index contributed by atoms with van der Waals surface area (Å²) in [5.74, 6) is -2.02. The van der Waals surface area contributed by atoms with Crippen molar-refractivity contribution in [3.05, 3.63) is 34.3 Å². The summed E-state index contributed by atoms with van der Waals surface area (Å²) in [7, 11) is 1.05. The number of benzene rings is 1. The SMILES string of the molecule is COC(=O)C1(F)Cc2cc(Cl)ccc2C1=O. The second-order valence-electron chi connectivity index (χ2n) is 3.60. The first kappa shape index (κ1) is 11.1. The summed E-state index contributed by atoms with van der Waals surface area (Å²) in [5.41, 5.74) is -1.97. The van der Waals surface area contributed by atoms with E-state index in [2.05, 4.69) is 4.74 Å². The molecule has 0 fully saturated rings. The van der Waals surface area contributed by atoms with Crippen LogP contribution in [0.4, 0.5) is 4.39 Å². The Morgan fingerprint density at radius 1 is 1.56 bits per heavy atom. The molecule has 3 nitrogen and oxygen atoms in total. The molecule has 0 heterocycles. The van der Waals surface area contributed by atoms with Crippen LogP contribution < -0.4 is 0 Å². The predicted molar refractivity (Wildman–Crippen MR) is 55.3 cm³/mol. The van der Waals surface area contributed by atoms with Crippen molar-refractivity contribution in [3.63, 3.8) is 0 Å². The van der Waals surface area contributed by atoms with Crippen LogP contribution in [0.25, 0.3) is 0 Å². The van der Waals surface area contributed by atoms with Gasteiger partial charge in [0.25, 0.3) is 5.67 Å². The Morgan fingerprint density at radius 2 is 2.25 bits per heavy atom. The Kier molecular flexibility index (Phi) is 2.46. The lowest BCUT2D eigenvalue weighted by molar-refractivity contribution is -0.150. The van der Waals surface area contributed by atoms with Gasteiger partial charge in [-0.25, -0.2) is 9.18 Å². The average Bonchev–Trinajstić information content (AvgIpc) is 2.51. The molecule has 0 spiro atoms. The Morgan fingerprint density at radius 3 is 2.88 bits per heavy atom. The first-order chi connectivity index (χ1) is 7.49. The van der Waals surface area contributed by atoms with Crippen molar-refractivity contribution < 1.29 is 18.7 Å². The molecule has 0 aliphatic heterocycles. The second kappa shape index (κ2) is 3.56. The molecule has 0 saturated carbocycles. The Bertz CT molecular complexity index is 486. The fraction of sp³-hybridized carbons (Fsp3) is 0.273. The van der Waals surface area contributed by atoms with E-state index in [4.69, 9.17) is 11.6 Å². The molecule has 1 aliphatic carbocycles. The molecule has 1 atom stereocenters. The van der Waals surface area contributed by atoms with Crippen LogP contribution >= 0.6 is 11.6 Å². The standard InChI is InChI=1S/C11H8ClFO3/c1-16-10(15)11(13)5-6-4-7(12)2-3-8(6)9(11)14/h2-4H,5H2,1H3. The third kappa shape index (κ3) is 1.41. The van der Waals surface area contributed by atoms with E-state index >= 15 is 0 Å². The normalized spacial score (nSPS) is 23.1. The van der Waals surface area contributed by atoms with E-state index in [1.807, 2.05) is 0 Å². The highest BCUT2D eigenvalue weighted by Gasteiger charge is 2.53.